The van der Waals surface area contributed by atoms with Crippen LogP contribution in [0.2, 0.25) is 0 Å². The van der Waals surface area contributed by atoms with Crippen LogP contribution in [0.3, 0.4) is 0 Å². The van der Waals surface area contributed by atoms with Crippen LogP contribution in [0.4, 0.5) is 0 Å². The van der Waals surface area contributed by atoms with Crippen molar-refractivity contribution in [2.45, 2.75) is 19.6 Å². The summed E-state index contributed by atoms with van der Waals surface area (Å²) >= 11 is 0. The van der Waals surface area contributed by atoms with Crippen molar-refractivity contribution in [2.75, 3.05) is 13.2 Å². The molecule has 0 atom stereocenters. The third-order valence-electron chi connectivity index (χ3n) is 5.18. The van der Waals surface area contributed by atoms with Crippen LogP contribution in [0.25, 0.3) is 0 Å². The van der Waals surface area contributed by atoms with E-state index in [1.54, 1.807) is 17.0 Å². The second kappa shape index (κ2) is 9.27. The van der Waals surface area contributed by atoms with Crippen LogP contribution in [0, 0.1) is 0 Å². The highest BCUT2D eigenvalue weighted by Gasteiger charge is 2.22. The lowest BCUT2D eigenvalue weighted by atomic mass is 10.00. The first-order valence-electron chi connectivity index (χ1n) is 9.98. The van der Waals surface area contributed by atoms with Gasteiger partial charge in [0.1, 0.15) is 12.4 Å². The SMILES string of the molecule is O=C(OCC(=O)N1CCc2ccccc2C1)c1ccccc1COc1ccccc1. The summed E-state index contributed by atoms with van der Waals surface area (Å²) in [7, 11) is 0. The Kier molecular flexibility index (Phi) is 6.09. The van der Waals surface area contributed by atoms with Crippen molar-refractivity contribution in [2.24, 2.45) is 0 Å². The summed E-state index contributed by atoms with van der Waals surface area (Å²) in [6.07, 6.45) is 0.815. The molecule has 0 aromatic heterocycles. The zero-order chi connectivity index (χ0) is 20.8. The second-order valence-electron chi connectivity index (χ2n) is 7.17. The number of hydrogen-bond acceptors (Lipinski definition) is 4. The average Bonchev–Trinajstić information content (AvgIpc) is 2.81. The van der Waals surface area contributed by atoms with E-state index in [1.165, 1.54) is 5.56 Å². The molecule has 0 saturated heterocycles. The molecule has 0 unspecified atom stereocenters. The molecule has 0 fully saturated rings. The van der Waals surface area contributed by atoms with Gasteiger partial charge >= 0.3 is 5.97 Å². The molecule has 0 aliphatic carbocycles. The highest BCUT2D eigenvalue weighted by atomic mass is 16.5. The van der Waals surface area contributed by atoms with Gasteiger partial charge in [-0.05, 0) is 35.7 Å². The maximum Gasteiger partial charge on any atom is 0.339 e. The average molecular weight is 401 g/mol. The largest absolute Gasteiger partial charge is 0.489 e. The van der Waals surface area contributed by atoms with Gasteiger partial charge in [0.05, 0.1) is 5.56 Å². The van der Waals surface area contributed by atoms with Crippen LogP contribution in [0.1, 0.15) is 27.0 Å². The molecule has 0 radical (unpaired) electrons. The van der Waals surface area contributed by atoms with Crippen LogP contribution in [0.5, 0.6) is 5.75 Å². The number of carbonyl (C=O) groups excluding carboxylic acids is 2. The van der Waals surface area contributed by atoms with Crippen LogP contribution < -0.4 is 4.74 Å². The van der Waals surface area contributed by atoms with Crippen molar-refractivity contribution in [1.29, 1.82) is 0 Å². The van der Waals surface area contributed by atoms with Gasteiger partial charge in [-0.3, -0.25) is 4.79 Å². The number of para-hydroxylation sites is 1. The van der Waals surface area contributed by atoms with E-state index in [0.717, 1.165) is 17.7 Å². The summed E-state index contributed by atoms with van der Waals surface area (Å²) in [4.78, 5) is 26.9. The van der Waals surface area contributed by atoms with E-state index in [2.05, 4.69) is 6.07 Å². The number of ether oxygens (including phenoxy) is 2. The minimum Gasteiger partial charge on any atom is -0.489 e. The predicted molar refractivity (Wildman–Crippen MR) is 113 cm³/mol. The Balaban J connectivity index is 1.35. The third-order valence-corrected chi connectivity index (χ3v) is 5.18. The summed E-state index contributed by atoms with van der Waals surface area (Å²) in [5.74, 6) is 0.0186. The van der Waals surface area contributed by atoms with Crippen molar-refractivity contribution < 1.29 is 19.1 Å². The summed E-state index contributed by atoms with van der Waals surface area (Å²) in [6.45, 7) is 1.16. The molecule has 152 valence electrons. The van der Waals surface area contributed by atoms with E-state index in [9.17, 15) is 9.59 Å². The van der Waals surface area contributed by atoms with Crippen LogP contribution in [-0.2, 0) is 29.1 Å². The fraction of sp³-hybridized carbons (Fsp3) is 0.200. The highest BCUT2D eigenvalue weighted by Crippen LogP contribution is 2.19. The number of carbonyl (C=O) groups is 2. The van der Waals surface area contributed by atoms with Crippen molar-refractivity contribution in [3.63, 3.8) is 0 Å². The molecular weight excluding hydrogens is 378 g/mol. The molecular formula is C25H23NO4. The summed E-state index contributed by atoms with van der Waals surface area (Å²) in [5.41, 5.74) is 3.54. The van der Waals surface area contributed by atoms with Gasteiger partial charge in [0.25, 0.3) is 5.91 Å². The van der Waals surface area contributed by atoms with Crippen LogP contribution in [0.15, 0.2) is 78.9 Å². The number of hydrogen-bond donors (Lipinski definition) is 0. The minimum atomic E-state index is -0.520. The van der Waals surface area contributed by atoms with E-state index in [-0.39, 0.29) is 19.1 Å². The molecule has 1 heterocycles. The van der Waals surface area contributed by atoms with Crippen molar-refractivity contribution >= 4 is 11.9 Å². The maximum absolute atomic E-state index is 12.6. The molecule has 5 nitrogen and oxygen atoms in total. The lowest BCUT2D eigenvalue weighted by Crippen LogP contribution is -2.38. The number of benzene rings is 3. The first kappa shape index (κ1) is 19.7. The molecule has 5 heteroatoms. The number of rotatable bonds is 6. The lowest BCUT2D eigenvalue weighted by molar-refractivity contribution is -0.135. The molecule has 1 aliphatic rings. The summed E-state index contributed by atoms with van der Waals surface area (Å²) in [5, 5.41) is 0. The topological polar surface area (TPSA) is 55.8 Å². The first-order valence-corrected chi connectivity index (χ1v) is 9.98. The molecule has 3 aromatic carbocycles. The molecule has 0 N–H and O–H groups in total. The van der Waals surface area contributed by atoms with Crippen LogP contribution >= 0.6 is 0 Å². The third kappa shape index (κ3) is 4.69. The van der Waals surface area contributed by atoms with Crippen LogP contribution in [-0.4, -0.2) is 29.9 Å². The predicted octanol–water partition coefficient (Wildman–Crippen LogP) is 4.01. The summed E-state index contributed by atoms with van der Waals surface area (Å²) in [6, 6.07) is 24.6. The number of amides is 1. The number of esters is 1. The zero-order valence-electron chi connectivity index (χ0n) is 16.6. The Morgan fingerprint density at radius 3 is 2.37 bits per heavy atom. The van der Waals surface area contributed by atoms with E-state index in [4.69, 9.17) is 9.47 Å². The minimum absolute atomic E-state index is 0.184. The first-order chi connectivity index (χ1) is 14.7. The van der Waals surface area contributed by atoms with Crippen molar-refractivity contribution in [1.82, 2.24) is 4.90 Å². The monoisotopic (exact) mass is 401 g/mol. The lowest BCUT2D eigenvalue weighted by Gasteiger charge is -2.28. The number of nitrogens with zero attached hydrogens (tertiary/aromatic N) is 1. The van der Waals surface area contributed by atoms with Gasteiger partial charge in [-0.1, -0.05) is 60.7 Å². The normalized spacial score (nSPS) is 12.7. The fourth-order valence-electron chi connectivity index (χ4n) is 3.53. The van der Waals surface area contributed by atoms with Gasteiger partial charge in [0.2, 0.25) is 0 Å². The van der Waals surface area contributed by atoms with Crippen molar-refractivity contribution in [3.8, 4) is 5.75 Å². The Labute approximate surface area is 175 Å². The standard InChI is InChI=1S/C25H23NO4/c27-24(26-15-14-19-8-4-5-9-20(19)16-26)18-30-25(28)23-13-7-6-10-21(23)17-29-22-11-2-1-3-12-22/h1-13H,14-18H2. The Bertz CT molecular complexity index is 1030. The molecule has 0 saturated carbocycles. The van der Waals surface area contributed by atoms with Gasteiger partial charge in [0.15, 0.2) is 6.61 Å². The smallest absolute Gasteiger partial charge is 0.339 e. The molecule has 0 bridgehead atoms. The van der Waals surface area contributed by atoms with E-state index in [0.29, 0.717) is 24.2 Å². The highest BCUT2D eigenvalue weighted by molar-refractivity contribution is 5.92. The molecule has 4 rings (SSSR count). The molecule has 0 spiro atoms. The Morgan fingerprint density at radius 1 is 0.833 bits per heavy atom. The molecule has 1 aliphatic heterocycles. The van der Waals surface area contributed by atoms with E-state index >= 15 is 0 Å². The molecule has 1 amide bonds. The molecule has 30 heavy (non-hydrogen) atoms. The zero-order valence-corrected chi connectivity index (χ0v) is 16.6. The van der Waals surface area contributed by atoms with Gasteiger partial charge in [-0.15, -0.1) is 0 Å². The summed E-state index contributed by atoms with van der Waals surface area (Å²) < 4.78 is 11.1. The van der Waals surface area contributed by atoms with Gasteiger partial charge < -0.3 is 14.4 Å². The van der Waals surface area contributed by atoms with E-state index in [1.807, 2.05) is 60.7 Å². The fourth-order valence-corrected chi connectivity index (χ4v) is 3.53. The Morgan fingerprint density at radius 2 is 1.53 bits per heavy atom. The van der Waals surface area contributed by atoms with E-state index < -0.39 is 5.97 Å². The maximum atomic E-state index is 12.6. The second-order valence-corrected chi connectivity index (χ2v) is 7.17. The van der Waals surface area contributed by atoms with Gasteiger partial charge in [-0.2, -0.15) is 0 Å². The quantitative estimate of drug-likeness (QED) is 0.586. The van der Waals surface area contributed by atoms with Crippen molar-refractivity contribution in [3.05, 3.63) is 101 Å². The molecule has 3 aromatic rings. The van der Waals surface area contributed by atoms with Gasteiger partial charge in [0, 0.05) is 18.7 Å². The number of fused-ring (bicyclic) bond motifs is 1. The Hall–Kier alpha value is -3.60. The van der Waals surface area contributed by atoms with Gasteiger partial charge in [-0.25, -0.2) is 4.79 Å².